The number of carbonyl (C=O) groups is 2. The smallest absolute Gasteiger partial charge is 0.320 e. The first-order chi connectivity index (χ1) is 8.49. The topological polar surface area (TPSA) is 96.2 Å². The largest absolute Gasteiger partial charge is 0.480 e. The maximum Gasteiger partial charge on any atom is 0.320 e. The molecule has 0 spiro atoms. The van der Waals surface area contributed by atoms with Crippen LogP contribution in [0, 0.1) is 0 Å². The van der Waals surface area contributed by atoms with E-state index in [2.05, 4.69) is 4.98 Å². The number of aromatic nitrogens is 1. The van der Waals surface area contributed by atoms with Crippen LogP contribution < -0.4 is 5.73 Å². The van der Waals surface area contributed by atoms with Gasteiger partial charge in [0.05, 0.1) is 0 Å². The number of rotatable bonds is 4. The second kappa shape index (κ2) is 4.62. The Balaban J connectivity index is 2.37. The molecule has 0 aliphatic carbocycles. The average Bonchev–Trinajstić information content (AvgIpc) is 2.71. The summed E-state index contributed by atoms with van der Waals surface area (Å²) in [6.45, 7) is 1.51. The number of nitrogens with one attached hydrogen (secondary N) is 1. The van der Waals surface area contributed by atoms with E-state index in [1.165, 1.54) is 6.92 Å². The molecule has 0 fully saturated rings. The molecule has 1 heterocycles. The van der Waals surface area contributed by atoms with Crippen molar-refractivity contribution in [3.63, 3.8) is 0 Å². The predicted molar refractivity (Wildman–Crippen MR) is 67.6 cm³/mol. The van der Waals surface area contributed by atoms with Crippen molar-refractivity contribution in [1.82, 2.24) is 4.98 Å². The van der Waals surface area contributed by atoms with Crippen LogP contribution in [-0.4, -0.2) is 27.9 Å². The molecule has 0 aliphatic rings. The molecule has 5 heteroatoms. The van der Waals surface area contributed by atoms with Gasteiger partial charge >= 0.3 is 5.97 Å². The number of hydrogen-bond acceptors (Lipinski definition) is 3. The van der Waals surface area contributed by atoms with Gasteiger partial charge < -0.3 is 15.8 Å². The molecule has 0 amide bonds. The van der Waals surface area contributed by atoms with Crippen LogP contribution in [-0.2, 0) is 11.2 Å². The molecule has 2 aromatic rings. The van der Waals surface area contributed by atoms with E-state index in [0.717, 1.165) is 16.5 Å². The highest BCUT2D eigenvalue weighted by Gasteiger charge is 2.15. The predicted octanol–water partition coefficient (Wildman–Crippen LogP) is 1.32. The summed E-state index contributed by atoms with van der Waals surface area (Å²) in [5.74, 6) is -1.03. The summed E-state index contributed by atoms with van der Waals surface area (Å²) in [7, 11) is 0. The molecule has 1 aromatic heterocycles. The molecule has 0 unspecified atom stereocenters. The fraction of sp³-hybridized carbons (Fsp3) is 0.231. The van der Waals surface area contributed by atoms with Gasteiger partial charge in [-0.15, -0.1) is 0 Å². The van der Waals surface area contributed by atoms with Crippen molar-refractivity contribution in [3.8, 4) is 0 Å². The number of hydrogen-bond donors (Lipinski definition) is 3. The maximum absolute atomic E-state index is 11.3. The van der Waals surface area contributed by atoms with Gasteiger partial charge in [0.15, 0.2) is 5.78 Å². The Bertz CT molecular complexity index is 616. The maximum atomic E-state index is 11.3. The van der Waals surface area contributed by atoms with Crippen LogP contribution in [0.25, 0.3) is 10.9 Å². The minimum Gasteiger partial charge on any atom is -0.480 e. The first-order valence-corrected chi connectivity index (χ1v) is 5.58. The SMILES string of the molecule is CC(=O)c1ccc2c(C[C@H](N)C(=O)O)c[nH]c2c1. The zero-order valence-electron chi connectivity index (χ0n) is 9.93. The van der Waals surface area contributed by atoms with E-state index in [1.807, 2.05) is 6.07 Å². The molecule has 4 N–H and O–H groups in total. The summed E-state index contributed by atoms with van der Waals surface area (Å²) < 4.78 is 0. The monoisotopic (exact) mass is 246 g/mol. The minimum atomic E-state index is -1.02. The summed E-state index contributed by atoms with van der Waals surface area (Å²) >= 11 is 0. The zero-order valence-corrected chi connectivity index (χ0v) is 9.93. The Hall–Kier alpha value is -2.14. The van der Waals surface area contributed by atoms with Gasteiger partial charge in [0, 0.05) is 29.1 Å². The first kappa shape index (κ1) is 12.3. The van der Waals surface area contributed by atoms with Gasteiger partial charge in [-0.2, -0.15) is 0 Å². The highest BCUT2D eigenvalue weighted by molar-refractivity contribution is 5.98. The average molecular weight is 246 g/mol. The van der Waals surface area contributed by atoms with Gasteiger partial charge in [0.25, 0.3) is 0 Å². The van der Waals surface area contributed by atoms with Crippen molar-refractivity contribution >= 4 is 22.7 Å². The standard InChI is InChI=1S/C13H14N2O3/c1-7(16)8-2-3-10-9(4-11(14)13(17)18)6-15-12(10)5-8/h2-3,5-6,11,15H,4,14H2,1H3,(H,17,18)/t11-/m0/s1. The Morgan fingerprint density at radius 1 is 1.44 bits per heavy atom. The van der Waals surface area contributed by atoms with Crippen molar-refractivity contribution < 1.29 is 14.7 Å². The third-order valence-electron chi connectivity index (χ3n) is 2.93. The number of fused-ring (bicyclic) bond motifs is 1. The van der Waals surface area contributed by atoms with Crippen LogP contribution in [0.1, 0.15) is 22.8 Å². The van der Waals surface area contributed by atoms with E-state index < -0.39 is 12.0 Å². The number of aliphatic carboxylic acids is 1. The highest BCUT2D eigenvalue weighted by atomic mass is 16.4. The molecule has 2 rings (SSSR count). The molecule has 0 bridgehead atoms. The van der Waals surface area contributed by atoms with Crippen LogP contribution in [0.15, 0.2) is 24.4 Å². The van der Waals surface area contributed by atoms with Crippen LogP contribution in [0.5, 0.6) is 0 Å². The summed E-state index contributed by atoms with van der Waals surface area (Å²) in [4.78, 5) is 25.0. The molecule has 0 saturated heterocycles. The normalized spacial score (nSPS) is 12.6. The molecule has 0 saturated carbocycles. The fourth-order valence-corrected chi connectivity index (χ4v) is 1.90. The lowest BCUT2D eigenvalue weighted by molar-refractivity contribution is -0.138. The van der Waals surface area contributed by atoms with E-state index in [4.69, 9.17) is 10.8 Å². The number of H-pyrrole nitrogens is 1. The second-order valence-electron chi connectivity index (χ2n) is 4.28. The summed E-state index contributed by atoms with van der Waals surface area (Å²) in [6, 6.07) is 4.38. The lowest BCUT2D eigenvalue weighted by Gasteiger charge is -2.05. The van der Waals surface area contributed by atoms with Crippen molar-refractivity contribution in [1.29, 1.82) is 0 Å². The van der Waals surface area contributed by atoms with Gasteiger partial charge in [-0.05, 0) is 18.6 Å². The van der Waals surface area contributed by atoms with Crippen LogP contribution >= 0.6 is 0 Å². The fourth-order valence-electron chi connectivity index (χ4n) is 1.90. The number of aromatic amines is 1. The van der Waals surface area contributed by atoms with Crippen LogP contribution in [0.3, 0.4) is 0 Å². The number of ketones is 1. The number of carboxylic acid groups (broad SMARTS) is 1. The summed E-state index contributed by atoms with van der Waals surface area (Å²) in [5, 5.41) is 9.69. The number of carbonyl (C=O) groups excluding carboxylic acids is 1. The highest BCUT2D eigenvalue weighted by Crippen LogP contribution is 2.21. The van der Waals surface area contributed by atoms with Gasteiger partial charge in [0.1, 0.15) is 6.04 Å². The molecule has 0 aliphatic heterocycles. The molecule has 1 aromatic carbocycles. The van der Waals surface area contributed by atoms with Crippen LogP contribution in [0.4, 0.5) is 0 Å². The Kier molecular flexibility index (Phi) is 3.16. The Labute approximate surface area is 104 Å². The van der Waals surface area contributed by atoms with Crippen molar-refractivity contribution in [2.45, 2.75) is 19.4 Å². The zero-order chi connectivity index (χ0) is 13.3. The second-order valence-corrected chi connectivity index (χ2v) is 4.28. The molecular weight excluding hydrogens is 232 g/mol. The third kappa shape index (κ3) is 2.26. The molecule has 1 atom stereocenters. The van der Waals surface area contributed by atoms with Crippen molar-refractivity contribution in [3.05, 3.63) is 35.5 Å². The number of benzene rings is 1. The van der Waals surface area contributed by atoms with Crippen LogP contribution in [0.2, 0.25) is 0 Å². The minimum absolute atomic E-state index is 0.00436. The lowest BCUT2D eigenvalue weighted by atomic mass is 10.0. The van der Waals surface area contributed by atoms with E-state index in [0.29, 0.717) is 5.56 Å². The molecular formula is C13H14N2O3. The van der Waals surface area contributed by atoms with E-state index in [-0.39, 0.29) is 12.2 Å². The van der Waals surface area contributed by atoms with E-state index in [9.17, 15) is 9.59 Å². The molecule has 5 nitrogen and oxygen atoms in total. The number of carboxylic acids is 1. The van der Waals surface area contributed by atoms with Gasteiger partial charge in [-0.25, -0.2) is 0 Å². The van der Waals surface area contributed by atoms with Crippen molar-refractivity contribution in [2.75, 3.05) is 0 Å². The first-order valence-electron chi connectivity index (χ1n) is 5.58. The quantitative estimate of drug-likeness (QED) is 0.709. The lowest BCUT2D eigenvalue weighted by Crippen LogP contribution is -2.32. The van der Waals surface area contributed by atoms with Gasteiger partial charge in [-0.1, -0.05) is 12.1 Å². The summed E-state index contributed by atoms with van der Waals surface area (Å²) in [5.41, 5.74) is 7.79. The van der Waals surface area contributed by atoms with Gasteiger partial charge in [-0.3, -0.25) is 9.59 Å². The Morgan fingerprint density at radius 2 is 2.17 bits per heavy atom. The van der Waals surface area contributed by atoms with E-state index >= 15 is 0 Å². The summed E-state index contributed by atoms with van der Waals surface area (Å²) in [6.07, 6.45) is 1.99. The van der Waals surface area contributed by atoms with Gasteiger partial charge in [0.2, 0.25) is 0 Å². The third-order valence-corrected chi connectivity index (χ3v) is 2.93. The molecule has 94 valence electrons. The number of Topliss-reactive ketones (excluding diaryl/α,β-unsaturated/α-hetero) is 1. The number of nitrogens with two attached hydrogens (primary N) is 1. The molecule has 0 radical (unpaired) electrons. The van der Waals surface area contributed by atoms with E-state index in [1.54, 1.807) is 18.3 Å². The Morgan fingerprint density at radius 3 is 2.78 bits per heavy atom. The molecule has 18 heavy (non-hydrogen) atoms. The van der Waals surface area contributed by atoms with Crippen molar-refractivity contribution in [2.24, 2.45) is 5.73 Å².